The number of nitrogens with two attached hydrogens (primary N) is 1. The molecule has 0 radical (unpaired) electrons. The Balaban J connectivity index is 2.43. The predicted octanol–water partition coefficient (Wildman–Crippen LogP) is 1.01. The SMILES string of the molecule is CC(C)C(C)CNC(=O)c1cc(N)n[nH]1. The van der Waals surface area contributed by atoms with Crippen LogP contribution in [0.3, 0.4) is 0 Å². The van der Waals surface area contributed by atoms with E-state index in [0.717, 1.165) is 0 Å². The molecule has 4 N–H and O–H groups in total. The number of aromatic amines is 1. The highest BCUT2D eigenvalue weighted by Crippen LogP contribution is 2.08. The standard InChI is InChI=1S/C10H18N4O/c1-6(2)7(3)5-12-10(15)8-4-9(11)14-13-8/h4,6-7H,5H2,1-3H3,(H,12,15)(H3,11,13,14). The minimum absolute atomic E-state index is 0.160. The fourth-order valence-electron chi connectivity index (χ4n) is 1.04. The van der Waals surface area contributed by atoms with E-state index < -0.39 is 0 Å². The molecule has 0 aliphatic carbocycles. The maximum Gasteiger partial charge on any atom is 0.269 e. The summed E-state index contributed by atoms with van der Waals surface area (Å²) in [6, 6.07) is 1.52. The van der Waals surface area contributed by atoms with Crippen molar-refractivity contribution in [2.24, 2.45) is 11.8 Å². The van der Waals surface area contributed by atoms with Gasteiger partial charge >= 0.3 is 0 Å². The van der Waals surface area contributed by atoms with Gasteiger partial charge in [0.2, 0.25) is 0 Å². The molecule has 15 heavy (non-hydrogen) atoms. The van der Waals surface area contributed by atoms with Crippen molar-refractivity contribution in [3.8, 4) is 0 Å². The zero-order valence-electron chi connectivity index (χ0n) is 9.37. The molecule has 0 saturated heterocycles. The number of hydrogen-bond acceptors (Lipinski definition) is 3. The van der Waals surface area contributed by atoms with Gasteiger partial charge in [-0.15, -0.1) is 0 Å². The lowest BCUT2D eigenvalue weighted by Gasteiger charge is -2.15. The van der Waals surface area contributed by atoms with E-state index in [0.29, 0.717) is 29.9 Å². The minimum Gasteiger partial charge on any atom is -0.382 e. The third-order valence-corrected chi connectivity index (χ3v) is 2.56. The average molecular weight is 210 g/mol. The Morgan fingerprint density at radius 1 is 1.60 bits per heavy atom. The van der Waals surface area contributed by atoms with Crippen LogP contribution in [0.15, 0.2) is 6.07 Å². The van der Waals surface area contributed by atoms with Gasteiger partial charge in [-0.3, -0.25) is 9.89 Å². The van der Waals surface area contributed by atoms with Gasteiger partial charge in [-0.05, 0) is 11.8 Å². The number of hydrogen-bond donors (Lipinski definition) is 3. The van der Waals surface area contributed by atoms with Gasteiger partial charge in [0.25, 0.3) is 5.91 Å². The van der Waals surface area contributed by atoms with Crippen LogP contribution in [0.4, 0.5) is 5.82 Å². The first-order valence-corrected chi connectivity index (χ1v) is 5.09. The van der Waals surface area contributed by atoms with Crippen LogP contribution in [0.25, 0.3) is 0 Å². The zero-order chi connectivity index (χ0) is 11.4. The summed E-state index contributed by atoms with van der Waals surface area (Å²) in [5.74, 6) is 1.18. The van der Waals surface area contributed by atoms with Gasteiger partial charge in [0.1, 0.15) is 11.5 Å². The molecule has 1 aromatic heterocycles. The maximum atomic E-state index is 11.5. The van der Waals surface area contributed by atoms with Crippen LogP contribution >= 0.6 is 0 Å². The first-order valence-electron chi connectivity index (χ1n) is 5.09. The van der Waals surface area contributed by atoms with Gasteiger partial charge in [0, 0.05) is 12.6 Å². The quantitative estimate of drug-likeness (QED) is 0.693. The summed E-state index contributed by atoms with van der Waals surface area (Å²) < 4.78 is 0. The van der Waals surface area contributed by atoms with Crippen molar-refractivity contribution >= 4 is 11.7 Å². The summed E-state index contributed by atoms with van der Waals surface area (Å²) in [4.78, 5) is 11.5. The summed E-state index contributed by atoms with van der Waals surface area (Å²) in [5.41, 5.74) is 5.80. The first-order chi connectivity index (χ1) is 7.00. The first kappa shape index (κ1) is 11.6. The normalized spacial score (nSPS) is 12.8. The number of carbonyl (C=O) groups is 1. The Hall–Kier alpha value is -1.52. The molecule has 0 aliphatic heterocycles. The van der Waals surface area contributed by atoms with Gasteiger partial charge in [-0.1, -0.05) is 20.8 Å². The largest absolute Gasteiger partial charge is 0.382 e. The lowest BCUT2D eigenvalue weighted by atomic mass is 9.98. The van der Waals surface area contributed by atoms with Crippen LogP contribution < -0.4 is 11.1 Å². The molecule has 5 heteroatoms. The van der Waals surface area contributed by atoms with Crippen LogP contribution in [-0.4, -0.2) is 22.6 Å². The smallest absolute Gasteiger partial charge is 0.269 e. The molecule has 84 valence electrons. The number of nitrogens with one attached hydrogen (secondary N) is 2. The van der Waals surface area contributed by atoms with Crippen LogP contribution in [0.5, 0.6) is 0 Å². The minimum atomic E-state index is -0.160. The Kier molecular flexibility index (Phi) is 3.71. The molecule has 0 spiro atoms. The number of H-pyrrole nitrogens is 1. The molecular formula is C10H18N4O. The lowest BCUT2D eigenvalue weighted by molar-refractivity contribution is 0.0940. The van der Waals surface area contributed by atoms with E-state index in [4.69, 9.17) is 5.73 Å². The second kappa shape index (κ2) is 4.82. The van der Waals surface area contributed by atoms with Crippen molar-refractivity contribution in [3.05, 3.63) is 11.8 Å². The predicted molar refractivity (Wildman–Crippen MR) is 59.3 cm³/mol. The molecule has 1 heterocycles. The third-order valence-electron chi connectivity index (χ3n) is 2.56. The fourth-order valence-corrected chi connectivity index (χ4v) is 1.04. The molecule has 0 saturated carbocycles. The van der Waals surface area contributed by atoms with E-state index in [9.17, 15) is 4.79 Å². The highest BCUT2D eigenvalue weighted by atomic mass is 16.1. The third kappa shape index (κ3) is 3.27. The van der Waals surface area contributed by atoms with E-state index in [-0.39, 0.29) is 5.91 Å². The number of amides is 1. The Bertz CT molecular complexity index is 332. The van der Waals surface area contributed by atoms with E-state index in [2.05, 4.69) is 36.3 Å². The summed E-state index contributed by atoms with van der Waals surface area (Å²) in [5, 5.41) is 9.09. The second-order valence-corrected chi connectivity index (χ2v) is 4.14. The number of anilines is 1. The molecule has 0 aromatic carbocycles. The van der Waals surface area contributed by atoms with Gasteiger partial charge in [-0.2, -0.15) is 5.10 Å². The highest BCUT2D eigenvalue weighted by Gasteiger charge is 2.11. The molecule has 0 aliphatic rings. The van der Waals surface area contributed by atoms with Crippen molar-refractivity contribution in [1.82, 2.24) is 15.5 Å². The van der Waals surface area contributed by atoms with Crippen LogP contribution in [-0.2, 0) is 0 Å². The van der Waals surface area contributed by atoms with E-state index in [1.807, 2.05) is 0 Å². The van der Waals surface area contributed by atoms with Gasteiger partial charge in [0.05, 0.1) is 0 Å². The van der Waals surface area contributed by atoms with Crippen LogP contribution in [0, 0.1) is 11.8 Å². The van der Waals surface area contributed by atoms with Crippen molar-refractivity contribution in [1.29, 1.82) is 0 Å². The monoisotopic (exact) mass is 210 g/mol. The van der Waals surface area contributed by atoms with Gasteiger partial charge < -0.3 is 11.1 Å². The molecule has 5 nitrogen and oxygen atoms in total. The molecule has 0 bridgehead atoms. The average Bonchev–Trinajstić information content (AvgIpc) is 2.60. The van der Waals surface area contributed by atoms with Crippen molar-refractivity contribution in [2.45, 2.75) is 20.8 Å². The highest BCUT2D eigenvalue weighted by molar-refractivity contribution is 5.92. The number of carbonyl (C=O) groups excluding carboxylic acids is 1. The number of aromatic nitrogens is 2. The van der Waals surface area contributed by atoms with E-state index in [1.54, 1.807) is 0 Å². The van der Waals surface area contributed by atoms with E-state index >= 15 is 0 Å². The number of rotatable bonds is 4. The number of nitrogens with zero attached hydrogens (tertiary/aromatic N) is 1. The molecule has 1 unspecified atom stereocenters. The Morgan fingerprint density at radius 3 is 2.73 bits per heavy atom. The second-order valence-electron chi connectivity index (χ2n) is 4.14. The van der Waals surface area contributed by atoms with Crippen molar-refractivity contribution in [3.63, 3.8) is 0 Å². The van der Waals surface area contributed by atoms with Gasteiger partial charge in [0.15, 0.2) is 0 Å². The van der Waals surface area contributed by atoms with Crippen LogP contribution in [0.2, 0.25) is 0 Å². The van der Waals surface area contributed by atoms with Crippen molar-refractivity contribution in [2.75, 3.05) is 12.3 Å². The van der Waals surface area contributed by atoms with Crippen molar-refractivity contribution < 1.29 is 4.79 Å². The maximum absolute atomic E-state index is 11.5. The molecule has 1 atom stereocenters. The number of nitrogen functional groups attached to an aromatic ring is 1. The Labute approximate surface area is 89.4 Å². The summed E-state index contributed by atoms with van der Waals surface area (Å²) >= 11 is 0. The topological polar surface area (TPSA) is 83.8 Å². The van der Waals surface area contributed by atoms with Gasteiger partial charge in [-0.25, -0.2) is 0 Å². The fraction of sp³-hybridized carbons (Fsp3) is 0.600. The summed E-state index contributed by atoms with van der Waals surface area (Å²) in [6.45, 7) is 7.03. The molecule has 0 fully saturated rings. The zero-order valence-corrected chi connectivity index (χ0v) is 9.37. The molecule has 1 rings (SSSR count). The molecular weight excluding hydrogens is 192 g/mol. The summed E-state index contributed by atoms with van der Waals surface area (Å²) in [7, 11) is 0. The molecule has 1 amide bonds. The lowest BCUT2D eigenvalue weighted by Crippen LogP contribution is -2.30. The van der Waals surface area contributed by atoms with Crippen LogP contribution in [0.1, 0.15) is 31.3 Å². The van der Waals surface area contributed by atoms with E-state index in [1.165, 1.54) is 6.07 Å². The molecule has 1 aromatic rings. The summed E-state index contributed by atoms with van der Waals surface area (Å²) in [6.07, 6.45) is 0. The Morgan fingerprint density at radius 2 is 2.27 bits per heavy atom.